The molecule has 1 aliphatic heterocycles. The lowest BCUT2D eigenvalue weighted by atomic mass is 10.0. The molecule has 3 rings (SSSR count). The molecule has 0 radical (unpaired) electrons. The highest BCUT2D eigenvalue weighted by Crippen LogP contribution is 2.30. The molecule has 0 saturated carbocycles. The van der Waals surface area contributed by atoms with Gasteiger partial charge >= 0.3 is 0 Å². The van der Waals surface area contributed by atoms with E-state index in [0.717, 1.165) is 22.0 Å². The maximum Gasteiger partial charge on any atom is 0.108 e. The number of hydrogen-bond acceptors (Lipinski definition) is 2. The Labute approximate surface area is 135 Å². The van der Waals surface area contributed by atoms with Crippen LogP contribution in [0.4, 0.5) is 0 Å². The first kappa shape index (κ1) is 14.3. The normalized spacial score (nSPS) is 15.3. The molecule has 1 N–H and O–H groups in total. The summed E-state index contributed by atoms with van der Waals surface area (Å²) in [7, 11) is 0. The zero-order valence-electron chi connectivity index (χ0n) is 10.9. The number of hydrogen-bond donors (Lipinski definition) is 1. The predicted octanol–water partition coefficient (Wildman–Crippen LogP) is 4.29. The summed E-state index contributed by atoms with van der Waals surface area (Å²) in [6.45, 7) is 1.87. The Morgan fingerprint density at radius 3 is 1.65 bits per heavy atom. The summed E-state index contributed by atoms with van der Waals surface area (Å²) in [6.07, 6.45) is 0.288. The van der Waals surface area contributed by atoms with E-state index in [1.54, 1.807) is 0 Å². The van der Waals surface area contributed by atoms with E-state index in [2.05, 4.69) is 85.7 Å². The molecule has 1 aliphatic rings. The summed E-state index contributed by atoms with van der Waals surface area (Å²) in [6, 6.07) is 16.7. The largest absolute Gasteiger partial charge is 0.363 e. The van der Waals surface area contributed by atoms with Gasteiger partial charge in [0.1, 0.15) is 6.10 Å². The van der Waals surface area contributed by atoms with Crippen LogP contribution in [0.3, 0.4) is 0 Å². The van der Waals surface area contributed by atoms with Crippen LogP contribution in [0.5, 0.6) is 0 Å². The third-order valence-electron chi connectivity index (χ3n) is 3.42. The predicted molar refractivity (Wildman–Crippen MR) is 87.9 cm³/mol. The van der Waals surface area contributed by atoms with Crippen molar-refractivity contribution >= 4 is 31.9 Å². The highest BCUT2D eigenvalue weighted by molar-refractivity contribution is 9.10. The Bertz CT molecular complexity index is 519. The van der Waals surface area contributed by atoms with Crippen LogP contribution in [0.1, 0.15) is 17.2 Å². The zero-order valence-corrected chi connectivity index (χ0v) is 14.0. The van der Waals surface area contributed by atoms with Gasteiger partial charge in [0.15, 0.2) is 0 Å². The van der Waals surface area contributed by atoms with Crippen molar-refractivity contribution in [2.45, 2.75) is 12.2 Å². The van der Waals surface area contributed by atoms with Gasteiger partial charge in [-0.15, -0.1) is 0 Å². The quantitative estimate of drug-likeness (QED) is 0.832. The van der Waals surface area contributed by atoms with Gasteiger partial charge in [0.25, 0.3) is 0 Å². The van der Waals surface area contributed by atoms with E-state index in [1.165, 1.54) is 11.1 Å². The van der Waals surface area contributed by atoms with Crippen LogP contribution >= 0.6 is 31.9 Å². The fourth-order valence-corrected chi connectivity index (χ4v) is 2.70. The number of ether oxygens (including phenoxy) is 1. The molecule has 4 heteroatoms. The maximum absolute atomic E-state index is 6.25. The summed E-state index contributed by atoms with van der Waals surface area (Å²) in [4.78, 5) is 0. The molecule has 104 valence electrons. The second-order valence-corrected chi connectivity index (χ2v) is 6.73. The number of nitrogens with one attached hydrogen (secondary N) is 1. The summed E-state index contributed by atoms with van der Waals surface area (Å²) < 4.78 is 8.41. The summed E-state index contributed by atoms with van der Waals surface area (Å²) in [5.74, 6) is 0. The molecule has 0 bridgehead atoms. The zero-order chi connectivity index (χ0) is 13.9. The highest BCUT2D eigenvalue weighted by atomic mass is 79.9. The average molecular weight is 397 g/mol. The smallest absolute Gasteiger partial charge is 0.108 e. The molecule has 1 saturated heterocycles. The lowest BCUT2D eigenvalue weighted by Gasteiger charge is -2.32. The second-order valence-electron chi connectivity index (χ2n) is 4.90. The van der Waals surface area contributed by atoms with Crippen LogP contribution in [-0.4, -0.2) is 19.2 Å². The molecular formula is C16H15Br2NO. The van der Waals surface area contributed by atoms with Crippen molar-refractivity contribution in [2.24, 2.45) is 0 Å². The monoisotopic (exact) mass is 395 g/mol. The second kappa shape index (κ2) is 6.39. The van der Waals surface area contributed by atoms with E-state index in [1.807, 2.05) is 0 Å². The van der Waals surface area contributed by atoms with Gasteiger partial charge in [0.2, 0.25) is 0 Å². The topological polar surface area (TPSA) is 21.3 Å². The molecule has 20 heavy (non-hydrogen) atoms. The molecule has 2 aromatic carbocycles. The van der Waals surface area contributed by atoms with Gasteiger partial charge in [-0.1, -0.05) is 56.1 Å². The fourth-order valence-electron chi connectivity index (χ4n) is 2.18. The molecule has 0 aromatic heterocycles. The average Bonchev–Trinajstić information content (AvgIpc) is 2.41. The lowest BCUT2D eigenvalue weighted by molar-refractivity contribution is -0.0202. The van der Waals surface area contributed by atoms with Gasteiger partial charge in [-0.2, -0.15) is 0 Å². The summed E-state index contributed by atoms with van der Waals surface area (Å²) in [5.41, 5.74) is 2.37. The molecule has 2 nitrogen and oxygen atoms in total. The van der Waals surface area contributed by atoms with Gasteiger partial charge in [-0.3, -0.25) is 0 Å². The standard InChI is InChI=1S/C16H15Br2NO/c17-13-5-1-11(2-6-13)16(20-15-9-19-10-15)12-3-7-14(18)8-4-12/h1-8,15-16,19H,9-10H2. The summed E-state index contributed by atoms with van der Waals surface area (Å²) >= 11 is 6.96. The minimum absolute atomic E-state index is 0.0108. The van der Waals surface area contributed by atoms with E-state index in [4.69, 9.17) is 4.74 Å². The van der Waals surface area contributed by atoms with Crippen molar-refractivity contribution in [3.8, 4) is 0 Å². The van der Waals surface area contributed by atoms with E-state index < -0.39 is 0 Å². The minimum Gasteiger partial charge on any atom is -0.363 e. The van der Waals surface area contributed by atoms with Crippen molar-refractivity contribution in [3.05, 3.63) is 68.6 Å². The molecule has 1 heterocycles. The Hall–Kier alpha value is -0.680. The van der Waals surface area contributed by atoms with Gasteiger partial charge in [0.05, 0.1) is 6.10 Å². The van der Waals surface area contributed by atoms with Crippen LogP contribution in [0.15, 0.2) is 57.5 Å². The van der Waals surface area contributed by atoms with E-state index in [-0.39, 0.29) is 6.10 Å². The van der Waals surface area contributed by atoms with Gasteiger partial charge in [-0.25, -0.2) is 0 Å². The van der Waals surface area contributed by atoms with Crippen LogP contribution in [-0.2, 0) is 4.74 Å². The first-order valence-corrected chi connectivity index (χ1v) is 8.18. The molecule has 0 spiro atoms. The molecule has 0 amide bonds. The lowest BCUT2D eigenvalue weighted by Crippen LogP contribution is -2.49. The van der Waals surface area contributed by atoms with Crippen LogP contribution < -0.4 is 5.32 Å². The Morgan fingerprint density at radius 1 is 0.850 bits per heavy atom. The fraction of sp³-hybridized carbons (Fsp3) is 0.250. The Kier molecular flexibility index (Phi) is 4.56. The number of benzene rings is 2. The Balaban J connectivity index is 1.89. The molecular weight excluding hydrogens is 382 g/mol. The first-order chi connectivity index (χ1) is 9.72. The van der Waals surface area contributed by atoms with Crippen LogP contribution in [0.2, 0.25) is 0 Å². The third-order valence-corrected chi connectivity index (χ3v) is 4.48. The van der Waals surface area contributed by atoms with E-state index >= 15 is 0 Å². The Morgan fingerprint density at radius 2 is 1.30 bits per heavy atom. The van der Waals surface area contributed by atoms with Crippen LogP contribution in [0, 0.1) is 0 Å². The maximum atomic E-state index is 6.25. The molecule has 0 aliphatic carbocycles. The van der Waals surface area contributed by atoms with Crippen molar-refractivity contribution < 1.29 is 4.74 Å². The van der Waals surface area contributed by atoms with Gasteiger partial charge < -0.3 is 10.1 Å². The van der Waals surface area contributed by atoms with Crippen molar-refractivity contribution in [1.29, 1.82) is 0 Å². The SMILES string of the molecule is Brc1ccc(C(OC2CNC2)c2ccc(Br)cc2)cc1. The molecule has 2 aromatic rings. The number of rotatable bonds is 4. The van der Waals surface area contributed by atoms with Crippen molar-refractivity contribution in [1.82, 2.24) is 5.32 Å². The molecule has 0 atom stereocenters. The van der Waals surface area contributed by atoms with E-state index in [9.17, 15) is 0 Å². The minimum atomic E-state index is -0.0108. The first-order valence-electron chi connectivity index (χ1n) is 6.59. The van der Waals surface area contributed by atoms with E-state index in [0.29, 0.717) is 6.10 Å². The van der Waals surface area contributed by atoms with Gasteiger partial charge in [0, 0.05) is 22.0 Å². The number of halogens is 2. The third kappa shape index (κ3) is 3.31. The van der Waals surface area contributed by atoms with Crippen molar-refractivity contribution in [2.75, 3.05) is 13.1 Å². The van der Waals surface area contributed by atoms with Gasteiger partial charge in [-0.05, 0) is 35.4 Å². The molecule has 1 fully saturated rings. The molecule has 0 unspecified atom stereocenters. The highest BCUT2D eigenvalue weighted by Gasteiger charge is 2.24. The van der Waals surface area contributed by atoms with Crippen LogP contribution in [0.25, 0.3) is 0 Å². The summed E-state index contributed by atoms with van der Waals surface area (Å²) in [5, 5.41) is 3.25. The van der Waals surface area contributed by atoms with Crippen molar-refractivity contribution in [3.63, 3.8) is 0 Å².